The molecule has 1 aromatic carbocycles. The van der Waals surface area contributed by atoms with Crippen LogP contribution < -0.4 is 5.48 Å². The molecule has 0 saturated heterocycles. The van der Waals surface area contributed by atoms with E-state index in [2.05, 4.69) is 5.48 Å². The standard InChI is InChI=1S/C17H24N2O4/c1-5-22-18-15(20)14-13-9-7-6-8-12(13)10-11-19(14)16(21)23-17(2,3)4/h6-9,14H,5,10-11H2,1-4H3,(H,18,20)/t14-/m1/s1. The predicted octanol–water partition coefficient (Wildman–Crippen LogP) is 2.59. The molecule has 0 spiro atoms. The van der Waals surface area contributed by atoms with Crippen LogP contribution in [0.2, 0.25) is 0 Å². The molecule has 1 aliphatic heterocycles. The average Bonchev–Trinajstić information content (AvgIpc) is 2.49. The van der Waals surface area contributed by atoms with Gasteiger partial charge in [0.2, 0.25) is 0 Å². The van der Waals surface area contributed by atoms with Gasteiger partial charge in [-0.05, 0) is 45.2 Å². The Bertz CT molecular complexity index is 580. The second-order valence-electron chi connectivity index (χ2n) is 6.42. The van der Waals surface area contributed by atoms with Crippen LogP contribution >= 0.6 is 0 Å². The Morgan fingerprint density at radius 1 is 1.30 bits per heavy atom. The molecule has 0 aliphatic carbocycles. The Hall–Kier alpha value is -2.08. The molecule has 1 atom stereocenters. The third kappa shape index (κ3) is 4.22. The summed E-state index contributed by atoms with van der Waals surface area (Å²) in [6, 6.07) is 6.88. The molecule has 0 unspecified atom stereocenters. The molecular formula is C17H24N2O4. The normalized spacial score (nSPS) is 17.4. The Labute approximate surface area is 136 Å². The second-order valence-corrected chi connectivity index (χ2v) is 6.42. The fraction of sp³-hybridized carbons (Fsp3) is 0.529. The number of hydroxylamine groups is 1. The molecule has 1 aliphatic rings. The number of benzene rings is 1. The fourth-order valence-electron chi connectivity index (χ4n) is 2.57. The molecule has 126 valence electrons. The van der Waals surface area contributed by atoms with Gasteiger partial charge in [0.1, 0.15) is 11.6 Å². The third-order valence-corrected chi connectivity index (χ3v) is 3.48. The number of hydrogen-bond acceptors (Lipinski definition) is 4. The van der Waals surface area contributed by atoms with Gasteiger partial charge in [-0.1, -0.05) is 24.3 Å². The first-order valence-corrected chi connectivity index (χ1v) is 7.82. The Morgan fingerprint density at radius 3 is 2.65 bits per heavy atom. The molecule has 0 aromatic heterocycles. The second kappa shape index (κ2) is 7.00. The quantitative estimate of drug-likeness (QED) is 0.869. The van der Waals surface area contributed by atoms with E-state index >= 15 is 0 Å². The van der Waals surface area contributed by atoms with Crippen LogP contribution in [0.3, 0.4) is 0 Å². The summed E-state index contributed by atoms with van der Waals surface area (Å²) in [6.07, 6.45) is 0.192. The maximum Gasteiger partial charge on any atom is 0.411 e. The third-order valence-electron chi connectivity index (χ3n) is 3.48. The highest BCUT2D eigenvalue weighted by Gasteiger charge is 2.38. The van der Waals surface area contributed by atoms with Crippen molar-refractivity contribution in [2.75, 3.05) is 13.2 Å². The SMILES string of the molecule is CCONC(=O)[C@H]1c2ccccc2CCN1C(=O)OC(C)(C)C. The van der Waals surface area contributed by atoms with E-state index < -0.39 is 17.7 Å². The van der Waals surface area contributed by atoms with Gasteiger partial charge in [0, 0.05) is 6.54 Å². The summed E-state index contributed by atoms with van der Waals surface area (Å²) in [5, 5.41) is 0. The van der Waals surface area contributed by atoms with Gasteiger partial charge in [0.25, 0.3) is 5.91 Å². The Morgan fingerprint density at radius 2 is 2.00 bits per heavy atom. The first-order valence-electron chi connectivity index (χ1n) is 7.82. The van der Waals surface area contributed by atoms with Gasteiger partial charge >= 0.3 is 6.09 Å². The lowest BCUT2D eigenvalue weighted by Gasteiger charge is -2.36. The topological polar surface area (TPSA) is 67.9 Å². The molecule has 6 heteroatoms. The Kier molecular flexibility index (Phi) is 5.26. The molecule has 2 amide bonds. The summed E-state index contributed by atoms with van der Waals surface area (Å²) in [6.45, 7) is 7.97. The first-order chi connectivity index (χ1) is 10.8. The van der Waals surface area contributed by atoms with Crippen molar-refractivity contribution in [2.24, 2.45) is 0 Å². The van der Waals surface area contributed by atoms with Crippen LogP contribution in [0, 0.1) is 0 Å². The summed E-state index contributed by atoms with van der Waals surface area (Å²) in [4.78, 5) is 31.5. The summed E-state index contributed by atoms with van der Waals surface area (Å²) in [7, 11) is 0. The smallest absolute Gasteiger partial charge is 0.411 e. The first kappa shape index (κ1) is 17.3. The number of nitrogens with zero attached hydrogens (tertiary/aromatic N) is 1. The van der Waals surface area contributed by atoms with Crippen molar-refractivity contribution in [1.29, 1.82) is 0 Å². The van der Waals surface area contributed by atoms with Crippen LogP contribution in [0.5, 0.6) is 0 Å². The number of carbonyl (C=O) groups is 2. The number of nitrogens with one attached hydrogen (secondary N) is 1. The lowest BCUT2D eigenvalue weighted by Crippen LogP contribution is -2.48. The van der Waals surface area contributed by atoms with Crippen molar-refractivity contribution in [1.82, 2.24) is 10.4 Å². The lowest BCUT2D eigenvalue weighted by atomic mass is 9.92. The zero-order chi connectivity index (χ0) is 17.0. The fourth-order valence-corrected chi connectivity index (χ4v) is 2.57. The van der Waals surface area contributed by atoms with Gasteiger partial charge in [-0.25, -0.2) is 10.3 Å². The molecule has 0 saturated carbocycles. The maximum atomic E-state index is 12.5. The van der Waals surface area contributed by atoms with Gasteiger partial charge < -0.3 is 4.74 Å². The maximum absolute atomic E-state index is 12.5. The molecule has 0 radical (unpaired) electrons. The molecule has 23 heavy (non-hydrogen) atoms. The number of carbonyl (C=O) groups excluding carboxylic acids is 2. The van der Waals surface area contributed by atoms with Crippen LogP contribution in [0.15, 0.2) is 24.3 Å². The van der Waals surface area contributed by atoms with Gasteiger partial charge in [-0.3, -0.25) is 14.5 Å². The van der Waals surface area contributed by atoms with E-state index in [4.69, 9.17) is 9.57 Å². The molecule has 1 aromatic rings. The molecule has 1 N–H and O–H groups in total. The zero-order valence-electron chi connectivity index (χ0n) is 14.1. The zero-order valence-corrected chi connectivity index (χ0v) is 14.1. The van der Waals surface area contributed by atoms with Crippen LogP contribution in [-0.4, -0.2) is 35.7 Å². The van der Waals surface area contributed by atoms with Gasteiger partial charge in [0.05, 0.1) is 6.61 Å². The molecule has 6 nitrogen and oxygen atoms in total. The van der Waals surface area contributed by atoms with Gasteiger partial charge in [0.15, 0.2) is 0 Å². The minimum Gasteiger partial charge on any atom is -0.444 e. The van der Waals surface area contributed by atoms with E-state index in [9.17, 15) is 9.59 Å². The van der Waals surface area contributed by atoms with E-state index in [1.165, 1.54) is 4.90 Å². The van der Waals surface area contributed by atoms with Crippen molar-refractivity contribution in [3.05, 3.63) is 35.4 Å². The minimum atomic E-state index is -0.749. The molecule has 1 heterocycles. The van der Waals surface area contributed by atoms with E-state index in [1.807, 2.05) is 24.3 Å². The summed E-state index contributed by atoms with van der Waals surface area (Å²) < 4.78 is 5.44. The Balaban J connectivity index is 2.30. The average molecular weight is 320 g/mol. The summed E-state index contributed by atoms with van der Waals surface area (Å²) in [5.74, 6) is -0.371. The molecule has 0 fully saturated rings. The minimum absolute atomic E-state index is 0.354. The van der Waals surface area contributed by atoms with E-state index in [-0.39, 0.29) is 5.91 Å². The number of rotatable bonds is 3. The van der Waals surface area contributed by atoms with Crippen LogP contribution in [-0.2, 0) is 20.8 Å². The number of fused-ring (bicyclic) bond motifs is 1. The van der Waals surface area contributed by atoms with Gasteiger partial charge in [-0.15, -0.1) is 0 Å². The van der Waals surface area contributed by atoms with E-state index in [1.54, 1.807) is 27.7 Å². The lowest BCUT2D eigenvalue weighted by molar-refractivity contribution is -0.139. The molecular weight excluding hydrogens is 296 g/mol. The van der Waals surface area contributed by atoms with Crippen molar-refractivity contribution in [3.8, 4) is 0 Å². The highest BCUT2D eigenvalue weighted by atomic mass is 16.6. The van der Waals surface area contributed by atoms with Crippen molar-refractivity contribution in [2.45, 2.75) is 45.8 Å². The number of ether oxygens (including phenoxy) is 1. The van der Waals surface area contributed by atoms with Crippen LogP contribution in [0.25, 0.3) is 0 Å². The summed E-state index contributed by atoms with van der Waals surface area (Å²) in [5.41, 5.74) is 3.65. The molecule has 0 bridgehead atoms. The van der Waals surface area contributed by atoms with Crippen LogP contribution in [0.4, 0.5) is 4.79 Å². The summed E-state index contributed by atoms with van der Waals surface area (Å²) >= 11 is 0. The number of hydrogen-bond donors (Lipinski definition) is 1. The molecule has 2 rings (SSSR count). The van der Waals surface area contributed by atoms with Crippen molar-refractivity contribution >= 4 is 12.0 Å². The predicted molar refractivity (Wildman–Crippen MR) is 85.6 cm³/mol. The van der Waals surface area contributed by atoms with Crippen molar-refractivity contribution in [3.63, 3.8) is 0 Å². The van der Waals surface area contributed by atoms with Crippen molar-refractivity contribution < 1.29 is 19.2 Å². The van der Waals surface area contributed by atoms with E-state index in [0.717, 1.165) is 11.1 Å². The number of amides is 2. The largest absolute Gasteiger partial charge is 0.444 e. The van der Waals surface area contributed by atoms with E-state index in [0.29, 0.717) is 19.6 Å². The van der Waals surface area contributed by atoms with Gasteiger partial charge in [-0.2, -0.15) is 0 Å². The highest BCUT2D eigenvalue weighted by molar-refractivity contribution is 5.87. The highest BCUT2D eigenvalue weighted by Crippen LogP contribution is 2.31. The van der Waals surface area contributed by atoms with Crippen LogP contribution in [0.1, 0.15) is 44.9 Å². The monoisotopic (exact) mass is 320 g/mol.